The lowest BCUT2D eigenvalue weighted by Crippen LogP contribution is -2.37. The number of halogens is 1. The van der Waals surface area contributed by atoms with Gasteiger partial charge < -0.3 is 20.5 Å². The Hall–Kier alpha value is -2.71. The molecule has 3 heterocycles. The Labute approximate surface area is 207 Å². The number of nitrogens with zero attached hydrogens (tertiary/aromatic N) is 4. The number of nitrogens with two attached hydrogens (primary N) is 1. The van der Waals surface area contributed by atoms with Gasteiger partial charge in [0.1, 0.15) is 5.82 Å². The molecular weight excluding hydrogens is 445 g/mol. The number of imidazole rings is 1. The average Bonchev–Trinajstić information content (AvgIpc) is 3.21. The van der Waals surface area contributed by atoms with Crippen LogP contribution in [0.25, 0.3) is 5.65 Å². The van der Waals surface area contributed by atoms with Crippen molar-refractivity contribution in [3.05, 3.63) is 52.6 Å². The topological polar surface area (TPSA) is 88.9 Å². The lowest BCUT2D eigenvalue weighted by atomic mass is 9.91. The maximum atomic E-state index is 14.6. The fourth-order valence-electron chi connectivity index (χ4n) is 4.97. The first-order valence-corrected chi connectivity index (χ1v) is 12.9. The Morgan fingerprint density at radius 2 is 1.94 bits per heavy atom. The summed E-state index contributed by atoms with van der Waals surface area (Å²) in [4.78, 5) is 7.13. The van der Waals surface area contributed by atoms with Crippen molar-refractivity contribution in [2.24, 2.45) is 5.92 Å². The van der Waals surface area contributed by atoms with Gasteiger partial charge in [-0.05, 0) is 48.8 Å². The molecule has 4 rings (SSSR count). The SMILES string of the molecule is CCc1c(F)cccc1Cc1c(CC(CC)CC(O)CC)nc2c(N)cc(N3CCOCC3)nn12. The maximum Gasteiger partial charge on any atom is 0.177 e. The van der Waals surface area contributed by atoms with Crippen molar-refractivity contribution in [3.8, 4) is 0 Å². The number of aliphatic hydroxyl groups excluding tert-OH is 1. The van der Waals surface area contributed by atoms with E-state index in [1.54, 1.807) is 6.07 Å². The predicted octanol–water partition coefficient (Wildman–Crippen LogP) is 4.17. The summed E-state index contributed by atoms with van der Waals surface area (Å²) in [6.07, 6.45) is 3.91. The summed E-state index contributed by atoms with van der Waals surface area (Å²) in [7, 11) is 0. The van der Waals surface area contributed by atoms with Crippen LogP contribution in [0.4, 0.5) is 15.9 Å². The van der Waals surface area contributed by atoms with E-state index in [9.17, 15) is 9.50 Å². The van der Waals surface area contributed by atoms with Crippen LogP contribution >= 0.6 is 0 Å². The Kier molecular flexibility index (Phi) is 8.23. The Morgan fingerprint density at radius 1 is 1.17 bits per heavy atom. The molecule has 35 heavy (non-hydrogen) atoms. The fourth-order valence-corrected chi connectivity index (χ4v) is 4.97. The van der Waals surface area contributed by atoms with Crippen LogP contribution < -0.4 is 10.6 Å². The monoisotopic (exact) mass is 483 g/mol. The van der Waals surface area contributed by atoms with Crippen molar-refractivity contribution < 1.29 is 14.2 Å². The van der Waals surface area contributed by atoms with E-state index in [1.165, 1.54) is 6.07 Å². The minimum Gasteiger partial charge on any atom is -0.396 e. The highest BCUT2D eigenvalue weighted by molar-refractivity contribution is 5.69. The summed E-state index contributed by atoms with van der Waals surface area (Å²) < 4.78 is 22.0. The molecule has 2 unspecified atom stereocenters. The molecule has 0 spiro atoms. The molecule has 2 atom stereocenters. The number of hydrogen-bond donors (Lipinski definition) is 2. The zero-order chi connectivity index (χ0) is 24.9. The van der Waals surface area contributed by atoms with E-state index in [2.05, 4.69) is 11.8 Å². The lowest BCUT2D eigenvalue weighted by molar-refractivity contribution is 0.122. The van der Waals surface area contributed by atoms with Gasteiger partial charge in [-0.15, -0.1) is 5.10 Å². The molecule has 0 radical (unpaired) electrons. The van der Waals surface area contributed by atoms with Crippen molar-refractivity contribution in [1.29, 1.82) is 0 Å². The Bertz CT molecular complexity index is 1140. The first kappa shape index (κ1) is 25.4. The van der Waals surface area contributed by atoms with Gasteiger partial charge in [0.25, 0.3) is 0 Å². The van der Waals surface area contributed by atoms with Crippen LogP contribution in [0.1, 0.15) is 62.5 Å². The summed E-state index contributed by atoms with van der Waals surface area (Å²) in [5.74, 6) is 0.901. The Morgan fingerprint density at radius 3 is 2.63 bits per heavy atom. The molecular formula is C27H38FN5O2. The molecule has 0 saturated carbocycles. The van der Waals surface area contributed by atoms with Gasteiger partial charge in [0, 0.05) is 25.6 Å². The number of benzene rings is 1. The summed E-state index contributed by atoms with van der Waals surface area (Å²) in [5.41, 5.74) is 11.2. The molecule has 2 aromatic heterocycles. The van der Waals surface area contributed by atoms with Crippen LogP contribution in [0.2, 0.25) is 0 Å². The number of morpholine rings is 1. The second-order valence-corrected chi connectivity index (χ2v) is 9.48. The van der Waals surface area contributed by atoms with Crippen LogP contribution in [-0.4, -0.2) is 52.1 Å². The molecule has 3 aromatic rings. The van der Waals surface area contributed by atoms with Crippen molar-refractivity contribution in [2.45, 2.75) is 65.4 Å². The van der Waals surface area contributed by atoms with Gasteiger partial charge in [0.05, 0.1) is 36.4 Å². The molecule has 1 aliphatic heterocycles. The predicted molar refractivity (Wildman–Crippen MR) is 137 cm³/mol. The highest BCUT2D eigenvalue weighted by Crippen LogP contribution is 2.29. The van der Waals surface area contributed by atoms with Gasteiger partial charge >= 0.3 is 0 Å². The number of ether oxygens (including phenoxy) is 1. The standard InChI is InChI=1S/C27H38FN5O2/c1-4-18(14-20(34)5-2)15-24-25(16-19-8-7-9-22(28)21(19)6-3)33-27(30-24)23(29)17-26(31-33)32-10-12-35-13-11-32/h7-9,17-18,20,34H,4-6,10-16,29H2,1-3H3. The van der Waals surface area contributed by atoms with Gasteiger partial charge in [-0.3, -0.25) is 0 Å². The number of fused-ring (bicyclic) bond motifs is 1. The minimum atomic E-state index is -0.327. The summed E-state index contributed by atoms with van der Waals surface area (Å²) in [5, 5.41) is 15.3. The van der Waals surface area contributed by atoms with Crippen LogP contribution in [0, 0.1) is 11.7 Å². The summed E-state index contributed by atoms with van der Waals surface area (Å²) in [6, 6.07) is 7.15. The smallest absolute Gasteiger partial charge is 0.177 e. The number of anilines is 2. The van der Waals surface area contributed by atoms with E-state index in [1.807, 2.05) is 30.5 Å². The number of rotatable bonds is 10. The number of aromatic nitrogens is 3. The molecule has 1 aromatic carbocycles. The second-order valence-electron chi connectivity index (χ2n) is 9.48. The zero-order valence-electron chi connectivity index (χ0n) is 21.1. The minimum absolute atomic E-state index is 0.181. The molecule has 1 aliphatic rings. The van der Waals surface area contributed by atoms with Gasteiger partial charge in [-0.25, -0.2) is 13.9 Å². The van der Waals surface area contributed by atoms with Crippen molar-refractivity contribution in [2.75, 3.05) is 36.9 Å². The van der Waals surface area contributed by atoms with Gasteiger partial charge in [0.2, 0.25) is 0 Å². The fraction of sp³-hybridized carbons (Fsp3) is 0.556. The van der Waals surface area contributed by atoms with E-state index in [4.69, 9.17) is 20.6 Å². The van der Waals surface area contributed by atoms with Crippen LogP contribution in [0.5, 0.6) is 0 Å². The zero-order valence-corrected chi connectivity index (χ0v) is 21.1. The molecule has 1 fully saturated rings. The molecule has 3 N–H and O–H groups in total. The molecule has 8 heteroatoms. The third kappa shape index (κ3) is 5.59. The lowest BCUT2D eigenvalue weighted by Gasteiger charge is -2.27. The third-order valence-corrected chi connectivity index (χ3v) is 7.17. The maximum absolute atomic E-state index is 14.6. The third-order valence-electron chi connectivity index (χ3n) is 7.17. The average molecular weight is 484 g/mol. The molecule has 0 aliphatic carbocycles. The molecule has 190 valence electrons. The van der Waals surface area contributed by atoms with Gasteiger partial charge in [0.15, 0.2) is 11.5 Å². The summed E-state index contributed by atoms with van der Waals surface area (Å²) >= 11 is 0. The van der Waals surface area contributed by atoms with E-state index in [0.29, 0.717) is 37.4 Å². The number of aliphatic hydroxyl groups is 1. The van der Waals surface area contributed by atoms with E-state index in [-0.39, 0.29) is 17.8 Å². The molecule has 0 amide bonds. The number of hydrogen-bond acceptors (Lipinski definition) is 6. The number of nitrogen functional groups attached to an aromatic ring is 1. The second kappa shape index (κ2) is 11.4. The van der Waals surface area contributed by atoms with E-state index >= 15 is 0 Å². The van der Waals surface area contributed by atoms with Gasteiger partial charge in [-0.2, -0.15) is 0 Å². The van der Waals surface area contributed by atoms with Crippen molar-refractivity contribution >= 4 is 17.2 Å². The summed E-state index contributed by atoms with van der Waals surface area (Å²) in [6.45, 7) is 8.95. The van der Waals surface area contributed by atoms with Crippen LogP contribution in [0.3, 0.4) is 0 Å². The highest BCUT2D eigenvalue weighted by Gasteiger charge is 2.23. The van der Waals surface area contributed by atoms with E-state index in [0.717, 1.165) is 67.1 Å². The van der Waals surface area contributed by atoms with Crippen molar-refractivity contribution in [3.63, 3.8) is 0 Å². The quantitative estimate of drug-likeness (QED) is 0.450. The first-order valence-electron chi connectivity index (χ1n) is 12.9. The van der Waals surface area contributed by atoms with Crippen LogP contribution in [-0.2, 0) is 24.0 Å². The molecule has 7 nitrogen and oxygen atoms in total. The van der Waals surface area contributed by atoms with Gasteiger partial charge in [-0.1, -0.05) is 39.3 Å². The van der Waals surface area contributed by atoms with E-state index < -0.39 is 0 Å². The van der Waals surface area contributed by atoms with Crippen molar-refractivity contribution in [1.82, 2.24) is 14.6 Å². The highest BCUT2D eigenvalue weighted by atomic mass is 19.1. The Balaban J connectivity index is 1.81. The normalized spacial score (nSPS) is 16.1. The molecule has 0 bridgehead atoms. The largest absolute Gasteiger partial charge is 0.396 e. The molecule has 1 saturated heterocycles. The van der Waals surface area contributed by atoms with Crippen LogP contribution in [0.15, 0.2) is 24.3 Å². The first-order chi connectivity index (χ1) is 16.9.